The van der Waals surface area contributed by atoms with Crippen LogP contribution in [0.25, 0.3) is 10.9 Å². The van der Waals surface area contributed by atoms with E-state index in [-0.39, 0.29) is 17.4 Å². The molecule has 3 aromatic rings. The Kier molecular flexibility index (Phi) is 7.00. The maximum absolute atomic E-state index is 12.9. The van der Waals surface area contributed by atoms with Gasteiger partial charge < -0.3 is 19.9 Å². The van der Waals surface area contributed by atoms with E-state index in [0.717, 1.165) is 25.9 Å². The largest absolute Gasteiger partial charge is 0.385 e. The van der Waals surface area contributed by atoms with Crippen molar-refractivity contribution in [3.05, 3.63) is 68.7 Å². The van der Waals surface area contributed by atoms with Gasteiger partial charge in [-0.2, -0.15) is 0 Å². The van der Waals surface area contributed by atoms with Crippen LogP contribution in [0, 0.1) is 4.77 Å². The molecule has 1 saturated heterocycles. The number of hydrogen-bond acceptors (Lipinski definition) is 5. The van der Waals surface area contributed by atoms with Crippen molar-refractivity contribution in [2.75, 3.05) is 32.1 Å². The fraction of sp³-hybridized carbons (Fsp3) is 0.333. The number of carbonyl (C=O) groups is 2. The number of rotatable bonds is 7. The summed E-state index contributed by atoms with van der Waals surface area (Å²) in [6, 6.07) is 11.8. The minimum Gasteiger partial charge on any atom is -0.385 e. The summed E-state index contributed by atoms with van der Waals surface area (Å²) in [5.41, 5.74) is 1.75. The van der Waals surface area contributed by atoms with Gasteiger partial charge in [-0.15, -0.1) is 0 Å². The normalized spacial score (nSPS) is 13.4. The van der Waals surface area contributed by atoms with E-state index < -0.39 is 0 Å². The van der Waals surface area contributed by atoms with Crippen LogP contribution in [0.4, 0.5) is 5.69 Å². The minimum absolute atomic E-state index is 0.0244. The van der Waals surface area contributed by atoms with Crippen LogP contribution in [0.2, 0.25) is 0 Å². The first-order valence-electron chi connectivity index (χ1n) is 10.9. The minimum atomic E-state index is -0.341. The first-order valence-corrected chi connectivity index (χ1v) is 11.4. The summed E-state index contributed by atoms with van der Waals surface area (Å²) in [5.74, 6) is -0.366. The Bertz CT molecular complexity index is 1310. The lowest BCUT2D eigenvalue weighted by molar-refractivity contribution is 0.0792. The van der Waals surface area contributed by atoms with E-state index in [1.807, 2.05) is 4.90 Å². The molecule has 2 aromatic carbocycles. The number of methoxy groups -OCH3 is 1. The van der Waals surface area contributed by atoms with Gasteiger partial charge in [0, 0.05) is 50.2 Å². The molecule has 8 nitrogen and oxygen atoms in total. The molecule has 1 fully saturated rings. The third kappa shape index (κ3) is 5.04. The predicted octanol–water partition coefficient (Wildman–Crippen LogP) is 3.58. The van der Waals surface area contributed by atoms with Crippen LogP contribution in [0.1, 0.15) is 40.0 Å². The molecule has 0 spiro atoms. The Labute approximate surface area is 196 Å². The number of carbonyl (C=O) groups excluding carboxylic acids is 2. The van der Waals surface area contributed by atoms with Crippen LogP contribution in [0.3, 0.4) is 0 Å². The summed E-state index contributed by atoms with van der Waals surface area (Å²) < 4.78 is 6.84. The van der Waals surface area contributed by atoms with Gasteiger partial charge in [0.15, 0.2) is 4.77 Å². The molecule has 0 unspecified atom stereocenters. The lowest BCUT2D eigenvalue weighted by atomic mass is 10.1. The third-order valence-electron chi connectivity index (χ3n) is 5.73. The van der Waals surface area contributed by atoms with Gasteiger partial charge >= 0.3 is 0 Å². The molecule has 0 saturated carbocycles. The van der Waals surface area contributed by atoms with Crippen molar-refractivity contribution in [2.45, 2.75) is 25.8 Å². The average molecular weight is 467 g/mol. The van der Waals surface area contributed by atoms with Crippen molar-refractivity contribution in [3.8, 4) is 0 Å². The molecule has 1 aliphatic heterocycles. The van der Waals surface area contributed by atoms with E-state index >= 15 is 0 Å². The molecule has 172 valence electrons. The van der Waals surface area contributed by atoms with Crippen LogP contribution in [-0.2, 0) is 11.3 Å². The number of hydrogen-bond donors (Lipinski definition) is 2. The summed E-state index contributed by atoms with van der Waals surface area (Å²) in [6.07, 6.45) is 2.70. The van der Waals surface area contributed by atoms with Gasteiger partial charge in [-0.25, -0.2) is 0 Å². The number of anilines is 1. The molecule has 1 aliphatic rings. The third-order valence-corrected chi connectivity index (χ3v) is 6.06. The molecule has 0 atom stereocenters. The topological polar surface area (TPSA) is 96.4 Å². The Hall–Kier alpha value is -3.30. The van der Waals surface area contributed by atoms with Crippen LogP contribution >= 0.6 is 12.2 Å². The SMILES string of the molecule is COCCCn1c(=S)[nH]c2cc(C(=O)Nc3cccc(C(=O)N4CCCC4)c3)ccc2c1=O. The van der Waals surface area contributed by atoms with Crippen molar-refractivity contribution in [1.29, 1.82) is 0 Å². The van der Waals surface area contributed by atoms with Crippen LogP contribution in [-0.4, -0.2) is 53.1 Å². The number of aromatic amines is 1. The summed E-state index contributed by atoms with van der Waals surface area (Å²) in [4.78, 5) is 43.2. The van der Waals surface area contributed by atoms with Gasteiger partial charge in [0.1, 0.15) is 0 Å². The molecule has 0 bridgehead atoms. The van der Waals surface area contributed by atoms with Crippen LogP contribution < -0.4 is 10.9 Å². The maximum Gasteiger partial charge on any atom is 0.262 e. The van der Waals surface area contributed by atoms with Crippen molar-refractivity contribution >= 4 is 40.6 Å². The number of nitrogens with one attached hydrogen (secondary N) is 2. The van der Waals surface area contributed by atoms with Gasteiger partial charge in [0.2, 0.25) is 0 Å². The van der Waals surface area contributed by atoms with E-state index in [0.29, 0.717) is 52.1 Å². The van der Waals surface area contributed by atoms with Crippen molar-refractivity contribution < 1.29 is 14.3 Å². The van der Waals surface area contributed by atoms with Crippen LogP contribution in [0.5, 0.6) is 0 Å². The molecule has 1 aromatic heterocycles. The molecule has 0 radical (unpaired) electrons. The molecule has 2 amide bonds. The quantitative estimate of drug-likeness (QED) is 0.410. The molecule has 0 aliphatic carbocycles. The van der Waals surface area contributed by atoms with E-state index in [9.17, 15) is 14.4 Å². The zero-order chi connectivity index (χ0) is 23.4. The van der Waals surface area contributed by atoms with Gasteiger partial charge in [-0.1, -0.05) is 6.07 Å². The second kappa shape index (κ2) is 10.1. The van der Waals surface area contributed by atoms with Gasteiger partial charge in [-0.3, -0.25) is 19.0 Å². The standard InChI is InChI=1S/C24H26N4O4S/c1-32-13-5-12-28-23(31)19-9-8-16(15-20(19)26-24(28)33)21(29)25-18-7-4-6-17(14-18)22(30)27-10-2-3-11-27/h4,6-9,14-15H,2-3,5,10-13H2,1H3,(H,25,29)(H,26,33). The highest BCUT2D eigenvalue weighted by atomic mass is 32.1. The predicted molar refractivity (Wildman–Crippen MR) is 129 cm³/mol. The lowest BCUT2D eigenvalue weighted by Crippen LogP contribution is -2.27. The Balaban J connectivity index is 1.54. The number of aromatic nitrogens is 2. The van der Waals surface area contributed by atoms with E-state index in [4.69, 9.17) is 17.0 Å². The summed E-state index contributed by atoms with van der Waals surface area (Å²) in [6.45, 7) is 2.51. The number of likely N-dealkylation sites (tertiary alicyclic amines) is 1. The molecule has 9 heteroatoms. The summed E-state index contributed by atoms with van der Waals surface area (Å²) >= 11 is 5.34. The molecule has 2 N–H and O–H groups in total. The second-order valence-corrected chi connectivity index (χ2v) is 8.41. The number of H-pyrrole nitrogens is 1. The Morgan fingerprint density at radius 2 is 1.91 bits per heavy atom. The fourth-order valence-corrected chi connectivity index (χ4v) is 4.29. The van der Waals surface area contributed by atoms with E-state index in [2.05, 4.69) is 10.3 Å². The van der Waals surface area contributed by atoms with Crippen molar-refractivity contribution in [1.82, 2.24) is 14.5 Å². The highest BCUT2D eigenvalue weighted by Gasteiger charge is 2.20. The molecular formula is C24H26N4O4S. The highest BCUT2D eigenvalue weighted by Crippen LogP contribution is 2.18. The Morgan fingerprint density at radius 3 is 2.67 bits per heavy atom. The summed E-state index contributed by atoms with van der Waals surface area (Å²) in [5, 5.41) is 3.29. The highest BCUT2D eigenvalue weighted by molar-refractivity contribution is 7.71. The first kappa shape index (κ1) is 22.9. The van der Waals surface area contributed by atoms with E-state index in [1.165, 1.54) is 4.57 Å². The number of amides is 2. The zero-order valence-corrected chi connectivity index (χ0v) is 19.2. The van der Waals surface area contributed by atoms with Gasteiger partial charge in [-0.05, 0) is 67.9 Å². The van der Waals surface area contributed by atoms with Crippen LogP contribution in [0.15, 0.2) is 47.3 Å². The monoisotopic (exact) mass is 466 g/mol. The average Bonchev–Trinajstić information content (AvgIpc) is 3.35. The smallest absolute Gasteiger partial charge is 0.262 e. The van der Waals surface area contributed by atoms with E-state index in [1.54, 1.807) is 49.6 Å². The number of fused-ring (bicyclic) bond motifs is 1. The van der Waals surface area contributed by atoms with Crippen molar-refractivity contribution in [2.24, 2.45) is 0 Å². The van der Waals surface area contributed by atoms with Gasteiger partial charge in [0.05, 0.1) is 10.9 Å². The lowest BCUT2D eigenvalue weighted by Gasteiger charge is -2.16. The fourth-order valence-electron chi connectivity index (χ4n) is 4.00. The molecule has 33 heavy (non-hydrogen) atoms. The zero-order valence-electron chi connectivity index (χ0n) is 18.4. The van der Waals surface area contributed by atoms with Gasteiger partial charge in [0.25, 0.3) is 17.4 Å². The first-order chi connectivity index (χ1) is 16.0. The molecular weight excluding hydrogens is 440 g/mol. The second-order valence-electron chi connectivity index (χ2n) is 8.03. The molecule has 2 heterocycles. The number of ether oxygens (including phenoxy) is 1. The number of benzene rings is 2. The Morgan fingerprint density at radius 1 is 1.12 bits per heavy atom. The maximum atomic E-state index is 12.9. The molecule has 4 rings (SSSR count). The number of nitrogens with zero attached hydrogens (tertiary/aromatic N) is 2. The summed E-state index contributed by atoms with van der Waals surface area (Å²) in [7, 11) is 1.61. The van der Waals surface area contributed by atoms with Crippen molar-refractivity contribution in [3.63, 3.8) is 0 Å².